The standard InChI is InChI=1S/C15H13FN2OS/c16-11-3-7-13(8-4-11)18-14(19)9-20-15(18)10-1-5-12(17)6-2-10/h1-8,15H,9,17H2. The van der Waals surface area contributed by atoms with E-state index in [4.69, 9.17) is 5.73 Å². The Kier molecular flexibility index (Phi) is 3.36. The molecule has 1 heterocycles. The molecule has 5 heteroatoms. The zero-order chi connectivity index (χ0) is 14.1. The van der Waals surface area contributed by atoms with E-state index < -0.39 is 0 Å². The average molecular weight is 288 g/mol. The molecule has 0 bridgehead atoms. The molecule has 20 heavy (non-hydrogen) atoms. The number of hydrogen-bond donors (Lipinski definition) is 1. The molecule has 1 amide bonds. The monoisotopic (exact) mass is 288 g/mol. The topological polar surface area (TPSA) is 46.3 Å². The van der Waals surface area contributed by atoms with Crippen molar-refractivity contribution in [3.8, 4) is 0 Å². The highest BCUT2D eigenvalue weighted by molar-refractivity contribution is 8.00. The van der Waals surface area contributed by atoms with Crippen molar-refractivity contribution in [2.75, 3.05) is 16.4 Å². The Labute approximate surface area is 120 Å². The Bertz CT molecular complexity index is 627. The summed E-state index contributed by atoms with van der Waals surface area (Å²) in [6.45, 7) is 0. The number of nitrogen functional groups attached to an aromatic ring is 1. The Morgan fingerprint density at radius 1 is 1.10 bits per heavy atom. The normalized spacial score (nSPS) is 18.6. The van der Waals surface area contributed by atoms with Crippen molar-refractivity contribution in [1.82, 2.24) is 0 Å². The van der Waals surface area contributed by atoms with Gasteiger partial charge in [0.2, 0.25) is 5.91 Å². The minimum atomic E-state index is -0.308. The molecule has 2 aromatic carbocycles. The molecule has 0 saturated carbocycles. The molecule has 1 saturated heterocycles. The summed E-state index contributed by atoms with van der Waals surface area (Å²) in [6, 6.07) is 13.5. The highest BCUT2D eigenvalue weighted by atomic mass is 32.2. The molecule has 3 rings (SSSR count). The van der Waals surface area contributed by atoms with Crippen LogP contribution in [0.25, 0.3) is 0 Å². The Balaban J connectivity index is 1.96. The third kappa shape index (κ3) is 2.36. The van der Waals surface area contributed by atoms with Crippen LogP contribution in [0.1, 0.15) is 10.9 Å². The summed E-state index contributed by atoms with van der Waals surface area (Å²) >= 11 is 1.56. The van der Waals surface area contributed by atoms with E-state index in [9.17, 15) is 9.18 Å². The molecule has 1 unspecified atom stereocenters. The lowest BCUT2D eigenvalue weighted by Crippen LogP contribution is -2.27. The molecule has 1 aliphatic rings. The SMILES string of the molecule is Nc1ccc(C2SCC(=O)N2c2ccc(F)cc2)cc1. The minimum Gasteiger partial charge on any atom is -0.399 e. The largest absolute Gasteiger partial charge is 0.399 e. The van der Waals surface area contributed by atoms with E-state index in [1.54, 1.807) is 28.8 Å². The molecule has 0 radical (unpaired) electrons. The fourth-order valence-corrected chi connectivity index (χ4v) is 3.39. The smallest absolute Gasteiger partial charge is 0.238 e. The van der Waals surface area contributed by atoms with E-state index in [1.807, 2.05) is 24.3 Å². The molecule has 2 N–H and O–H groups in total. The van der Waals surface area contributed by atoms with Crippen LogP contribution in [-0.2, 0) is 4.79 Å². The average Bonchev–Trinajstić information content (AvgIpc) is 2.83. The van der Waals surface area contributed by atoms with Gasteiger partial charge < -0.3 is 5.73 Å². The predicted octanol–water partition coefficient (Wildman–Crippen LogP) is 3.19. The molecule has 0 spiro atoms. The highest BCUT2D eigenvalue weighted by Gasteiger charge is 2.33. The second-order valence-corrected chi connectivity index (χ2v) is 5.64. The molecule has 0 aliphatic carbocycles. The van der Waals surface area contributed by atoms with Crippen LogP contribution in [0.4, 0.5) is 15.8 Å². The molecule has 1 aliphatic heterocycles. The number of nitrogens with zero attached hydrogens (tertiary/aromatic N) is 1. The summed E-state index contributed by atoms with van der Waals surface area (Å²) in [5, 5.41) is -0.0893. The van der Waals surface area contributed by atoms with Gasteiger partial charge in [0.1, 0.15) is 11.2 Å². The van der Waals surface area contributed by atoms with Crippen molar-refractivity contribution in [3.05, 3.63) is 59.9 Å². The first kappa shape index (κ1) is 13.0. The van der Waals surface area contributed by atoms with E-state index in [1.165, 1.54) is 12.1 Å². The third-order valence-corrected chi connectivity index (χ3v) is 4.41. The number of carbonyl (C=O) groups excluding carboxylic acids is 1. The van der Waals surface area contributed by atoms with Gasteiger partial charge in [-0.15, -0.1) is 11.8 Å². The second kappa shape index (κ2) is 5.17. The number of hydrogen-bond acceptors (Lipinski definition) is 3. The van der Waals surface area contributed by atoms with Crippen molar-refractivity contribution in [1.29, 1.82) is 0 Å². The van der Waals surface area contributed by atoms with Crippen LogP contribution in [0.2, 0.25) is 0 Å². The lowest BCUT2D eigenvalue weighted by atomic mass is 10.1. The van der Waals surface area contributed by atoms with Gasteiger partial charge in [-0.3, -0.25) is 9.69 Å². The molecular weight excluding hydrogens is 275 g/mol. The summed E-state index contributed by atoms with van der Waals surface area (Å²) in [5.74, 6) is 0.146. The van der Waals surface area contributed by atoms with Gasteiger partial charge in [0, 0.05) is 11.4 Å². The van der Waals surface area contributed by atoms with Crippen LogP contribution in [-0.4, -0.2) is 11.7 Å². The summed E-state index contributed by atoms with van der Waals surface area (Å²) in [5.41, 5.74) is 8.10. The molecule has 2 aromatic rings. The van der Waals surface area contributed by atoms with E-state index in [2.05, 4.69) is 0 Å². The summed E-state index contributed by atoms with van der Waals surface area (Å²) in [7, 11) is 0. The molecule has 0 aromatic heterocycles. The van der Waals surface area contributed by atoms with Crippen molar-refractivity contribution in [3.63, 3.8) is 0 Å². The van der Waals surface area contributed by atoms with Gasteiger partial charge in [-0.2, -0.15) is 0 Å². The number of thioether (sulfide) groups is 1. The molecule has 102 valence electrons. The van der Waals surface area contributed by atoms with Crippen molar-refractivity contribution >= 4 is 29.0 Å². The Morgan fingerprint density at radius 2 is 1.75 bits per heavy atom. The lowest BCUT2D eigenvalue weighted by molar-refractivity contribution is -0.115. The number of amides is 1. The first-order valence-electron chi connectivity index (χ1n) is 6.20. The van der Waals surface area contributed by atoms with Crippen LogP contribution in [0, 0.1) is 5.82 Å². The van der Waals surface area contributed by atoms with Gasteiger partial charge in [0.25, 0.3) is 0 Å². The van der Waals surface area contributed by atoms with Gasteiger partial charge in [-0.05, 0) is 42.0 Å². The second-order valence-electron chi connectivity index (χ2n) is 4.57. The van der Waals surface area contributed by atoms with Crippen LogP contribution >= 0.6 is 11.8 Å². The Hall–Kier alpha value is -2.01. The maximum Gasteiger partial charge on any atom is 0.238 e. The zero-order valence-corrected chi connectivity index (χ0v) is 11.4. The first-order valence-corrected chi connectivity index (χ1v) is 7.25. The van der Waals surface area contributed by atoms with Crippen molar-refractivity contribution in [2.45, 2.75) is 5.37 Å². The van der Waals surface area contributed by atoms with Crippen LogP contribution < -0.4 is 10.6 Å². The summed E-state index contributed by atoms with van der Waals surface area (Å²) in [4.78, 5) is 13.8. The number of halogens is 1. The number of nitrogens with two attached hydrogens (primary N) is 1. The number of rotatable bonds is 2. The van der Waals surface area contributed by atoms with Crippen LogP contribution in [0.15, 0.2) is 48.5 Å². The molecular formula is C15H13FN2OS. The highest BCUT2D eigenvalue weighted by Crippen LogP contribution is 2.41. The van der Waals surface area contributed by atoms with Gasteiger partial charge in [0.05, 0.1) is 5.75 Å². The van der Waals surface area contributed by atoms with E-state index in [0.717, 1.165) is 5.56 Å². The van der Waals surface area contributed by atoms with Crippen molar-refractivity contribution in [2.24, 2.45) is 0 Å². The van der Waals surface area contributed by atoms with Gasteiger partial charge in [-0.25, -0.2) is 4.39 Å². The van der Waals surface area contributed by atoms with Gasteiger partial charge in [0.15, 0.2) is 0 Å². The van der Waals surface area contributed by atoms with Gasteiger partial charge >= 0.3 is 0 Å². The predicted molar refractivity (Wildman–Crippen MR) is 79.9 cm³/mol. The molecule has 1 atom stereocenters. The van der Waals surface area contributed by atoms with Crippen LogP contribution in [0.5, 0.6) is 0 Å². The number of anilines is 2. The fourth-order valence-electron chi connectivity index (χ4n) is 2.21. The van der Waals surface area contributed by atoms with E-state index >= 15 is 0 Å². The van der Waals surface area contributed by atoms with E-state index in [0.29, 0.717) is 17.1 Å². The Morgan fingerprint density at radius 3 is 2.40 bits per heavy atom. The number of benzene rings is 2. The number of carbonyl (C=O) groups is 1. The minimum absolute atomic E-state index is 0.0310. The zero-order valence-electron chi connectivity index (χ0n) is 10.6. The quantitative estimate of drug-likeness (QED) is 0.863. The van der Waals surface area contributed by atoms with Crippen molar-refractivity contribution < 1.29 is 9.18 Å². The third-order valence-electron chi connectivity index (χ3n) is 3.19. The van der Waals surface area contributed by atoms with E-state index in [-0.39, 0.29) is 17.1 Å². The lowest BCUT2D eigenvalue weighted by Gasteiger charge is -2.24. The fraction of sp³-hybridized carbons (Fsp3) is 0.133. The first-order chi connectivity index (χ1) is 9.65. The maximum absolute atomic E-state index is 13.0. The summed E-state index contributed by atoms with van der Waals surface area (Å²) in [6.07, 6.45) is 0. The van der Waals surface area contributed by atoms with Gasteiger partial charge in [-0.1, -0.05) is 12.1 Å². The van der Waals surface area contributed by atoms with Crippen LogP contribution in [0.3, 0.4) is 0 Å². The maximum atomic E-state index is 13.0. The molecule has 1 fully saturated rings. The molecule has 3 nitrogen and oxygen atoms in total. The summed E-state index contributed by atoms with van der Waals surface area (Å²) < 4.78 is 13.0.